The summed E-state index contributed by atoms with van der Waals surface area (Å²) in [6.07, 6.45) is -0.187. The number of nitrogens with one attached hydrogen (secondary N) is 3. The molecular weight excluding hydrogens is 796 g/mol. The second-order valence-corrected chi connectivity index (χ2v) is 20.8. The van der Waals surface area contributed by atoms with Gasteiger partial charge >= 0.3 is 6.09 Å². The topological polar surface area (TPSA) is 201 Å². The highest BCUT2D eigenvalue weighted by Gasteiger charge is 2.62. The molecule has 0 aromatic heterocycles. The van der Waals surface area contributed by atoms with Crippen LogP contribution in [0.5, 0.6) is 0 Å². The van der Waals surface area contributed by atoms with Gasteiger partial charge < -0.3 is 25.0 Å². The number of ether oxygens (including phenoxy) is 2. The Bertz CT molecular complexity index is 2170. The van der Waals surface area contributed by atoms with E-state index in [0.29, 0.717) is 43.7 Å². The Morgan fingerprint density at radius 3 is 2.28 bits per heavy atom. The quantitative estimate of drug-likeness (QED) is 0.284. The number of sulfonamides is 2. The van der Waals surface area contributed by atoms with Crippen molar-refractivity contribution in [2.75, 3.05) is 38.2 Å². The molecule has 5 aliphatic rings. The molecule has 2 aliphatic carbocycles. The zero-order valence-electron chi connectivity index (χ0n) is 33.0. The SMILES string of the molecule is CC[C@@H]1C[C@]1(NC(=O)[C@@H]1C[C@@H](OC(=O)N2Cc3ccc(F)cc3C2)CN1C(=O)[C@@H](Nc1ccc(S(=O)(=O)N2CCOCC2)cc1)C(C)(C)C)C(=O)NS(=O)(=O)C1CC1. The smallest absolute Gasteiger partial charge is 0.410 e. The normalized spacial score (nSPS) is 25.4. The number of morpholine rings is 1. The largest absolute Gasteiger partial charge is 0.444 e. The highest BCUT2D eigenvalue weighted by Crippen LogP contribution is 2.47. The molecule has 7 rings (SSSR count). The monoisotopic (exact) mass is 846 g/mol. The number of rotatable bonds is 12. The van der Waals surface area contributed by atoms with E-state index in [0.717, 1.165) is 5.56 Å². The van der Waals surface area contributed by atoms with Gasteiger partial charge in [-0.1, -0.05) is 40.2 Å². The van der Waals surface area contributed by atoms with E-state index in [4.69, 9.17) is 9.47 Å². The minimum Gasteiger partial charge on any atom is -0.444 e. The van der Waals surface area contributed by atoms with E-state index in [-0.39, 0.29) is 56.4 Å². The lowest BCUT2D eigenvalue weighted by Crippen LogP contribution is -2.58. The first-order valence-corrected chi connectivity index (χ1v) is 22.7. The molecule has 3 heterocycles. The Morgan fingerprint density at radius 2 is 1.66 bits per heavy atom. The number of anilines is 1. The maximum Gasteiger partial charge on any atom is 0.410 e. The molecule has 4 fully saturated rings. The molecular formula is C39H51FN6O10S2. The second kappa shape index (κ2) is 15.7. The molecule has 16 nitrogen and oxygen atoms in total. The fourth-order valence-electron chi connectivity index (χ4n) is 8.02. The van der Waals surface area contributed by atoms with Gasteiger partial charge in [-0.05, 0) is 78.1 Å². The third-order valence-electron chi connectivity index (χ3n) is 11.7. The summed E-state index contributed by atoms with van der Waals surface area (Å²) in [6, 6.07) is 8.12. The van der Waals surface area contributed by atoms with E-state index in [1.165, 1.54) is 38.4 Å². The number of halogens is 1. The van der Waals surface area contributed by atoms with E-state index >= 15 is 0 Å². The van der Waals surface area contributed by atoms with Crippen LogP contribution < -0.4 is 15.4 Å². The Balaban J connectivity index is 1.12. The molecule has 3 aliphatic heterocycles. The van der Waals surface area contributed by atoms with E-state index in [1.807, 2.05) is 27.7 Å². The summed E-state index contributed by atoms with van der Waals surface area (Å²) in [6.45, 7) is 8.51. The van der Waals surface area contributed by atoms with Crippen LogP contribution in [-0.4, -0.2) is 117 Å². The van der Waals surface area contributed by atoms with Crippen molar-refractivity contribution in [1.29, 1.82) is 0 Å². The molecule has 0 bridgehead atoms. The van der Waals surface area contributed by atoms with Gasteiger partial charge in [0.1, 0.15) is 29.5 Å². The van der Waals surface area contributed by atoms with Gasteiger partial charge in [-0.2, -0.15) is 4.31 Å². The van der Waals surface area contributed by atoms with Crippen molar-refractivity contribution in [2.45, 2.75) is 107 Å². The highest BCUT2D eigenvalue weighted by atomic mass is 32.2. The summed E-state index contributed by atoms with van der Waals surface area (Å²) < 4.78 is 80.6. The number of benzene rings is 2. The minimum atomic E-state index is -3.91. The van der Waals surface area contributed by atoms with Crippen LogP contribution in [0, 0.1) is 17.2 Å². The molecule has 0 spiro atoms. The number of nitrogens with zero attached hydrogens (tertiary/aromatic N) is 3. The Labute approximate surface area is 338 Å². The molecule has 2 aromatic rings. The summed E-state index contributed by atoms with van der Waals surface area (Å²) in [5.41, 5.74) is -0.417. The second-order valence-electron chi connectivity index (χ2n) is 16.9. The molecule has 0 radical (unpaired) electrons. The number of carbonyl (C=O) groups excluding carboxylic acids is 4. The summed E-state index contributed by atoms with van der Waals surface area (Å²) in [4.78, 5) is 58.9. The molecule has 3 N–H and O–H groups in total. The Hall–Kier alpha value is -4.33. The first-order valence-electron chi connectivity index (χ1n) is 19.7. The van der Waals surface area contributed by atoms with Gasteiger partial charge in [0.15, 0.2) is 0 Å². The molecule has 58 heavy (non-hydrogen) atoms. The van der Waals surface area contributed by atoms with Gasteiger partial charge in [0.2, 0.25) is 31.9 Å². The summed E-state index contributed by atoms with van der Waals surface area (Å²) in [5.74, 6) is -2.81. The standard InChI is InChI=1S/C39H51FN6O10S2/c1-5-26-20-39(26,36(49)43-57(51,52)30-12-13-30)42-34(47)32-19-29(56-37(50)44-21-24-6-7-27(40)18-25(24)22-44)23-46(32)35(48)33(38(2,3)4)41-28-8-10-31(11-9-28)58(53,54)45-14-16-55-17-15-45/h6-11,18,26,29-30,32-33,41H,5,12-17,19-23H2,1-4H3,(H,42,47)(H,43,49)/t26-,29-,32+,33-,39-/m1/s1. The summed E-state index contributed by atoms with van der Waals surface area (Å²) >= 11 is 0. The van der Waals surface area contributed by atoms with Gasteiger partial charge in [-0.15, -0.1) is 0 Å². The lowest BCUT2D eigenvalue weighted by molar-refractivity contribution is -0.141. The lowest BCUT2D eigenvalue weighted by Gasteiger charge is -2.36. The molecule has 2 saturated carbocycles. The fourth-order valence-corrected chi connectivity index (χ4v) is 10.8. The van der Waals surface area contributed by atoms with Crippen molar-refractivity contribution in [2.24, 2.45) is 11.3 Å². The molecule has 4 amide bonds. The van der Waals surface area contributed by atoms with Crippen LogP contribution in [0.2, 0.25) is 0 Å². The number of carbonyl (C=O) groups is 4. The van der Waals surface area contributed by atoms with Crippen molar-refractivity contribution < 1.29 is 49.9 Å². The van der Waals surface area contributed by atoms with Crippen molar-refractivity contribution in [1.82, 2.24) is 24.1 Å². The predicted molar refractivity (Wildman–Crippen MR) is 208 cm³/mol. The number of hydrogen-bond acceptors (Lipinski definition) is 11. The molecule has 5 atom stereocenters. The zero-order chi connectivity index (χ0) is 41.8. The lowest BCUT2D eigenvalue weighted by atomic mass is 9.85. The van der Waals surface area contributed by atoms with E-state index in [2.05, 4.69) is 15.4 Å². The molecule has 19 heteroatoms. The van der Waals surface area contributed by atoms with Crippen molar-refractivity contribution in [3.8, 4) is 0 Å². The summed E-state index contributed by atoms with van der Waals surface area (Å²) in [7, 11) is -7.69. The number of amides is 4. The highest BCUT2D eigenvalue weighted by molar-refractivity contribution is 7.91. The van der Waals surface area contributed by atoms with Gasteiger partial charge in [0.25, 0.3) is 5.91 Å². The maximum absolute atomic E-state index is 14.7. The van der Waals surface area contributed by atoms with E-state index < -0.39 is 84.1 Å². The van der Waals surface area contributed by atoms with Crippen LogP contribution in [0.1, 0.15) is 70.9 Å². The van der Waals surface area contributed by atoms with Crippen LogP contribution in [-0.2, 0) is 57.0 Å². The molecule has 2 aromatic carbocycles. The third kappa shape index (κ3) is 8.54. The van der Waals surface area contributed by atoms with Gasteiger partial charge in [-0.25, -0.2) is 26.0 Å². The first kappa shape index (κ1) is 41.8. The molecule has 0 unspecified atom stereocenters. The zero-order valence-corrected chi connectivity index (χ0v) is 34.7. The van der Waals surface area contributed by atoms with Crippen LogP contribution in [0.25, 0.3) is 0 Å². The minimum absolute atomic E-state index is 0.0825. The third-order valence-corrected chi connectivity index (χ3v) is 15.4. The van der Waals surface area contributed by atoms with Crippen molar-refractivity contribution in [3.05, 3.63) is 59.4 Å². The van der Waals surface area contributed by atoms with Crippen LogP contribution in [0.3, 0.4) is 0 Å². The van der Waals surface area contributed by atoms with E-state index in [9.17, 15) is 40.4 Å². The van der Waals surface area contributed by atoms with Crippen molar-refractivity contribution in [3.63, 3.8) is 0 Å². The van der Waals surface area contributed by atoms with Gasteiger partial charge in [-0.3, -0.25) is 24.0 Å². The maximum atomic E-state index is 14.7. The van der Waals surface area contributed by atoms with Crippen LogP contribution >= 0.6 is 0 Å². The number of likely N-dealkylation sites (tertiary alicyclic amines) is 1. The average Bonchev–Trinajstić information content (AvgIpc) is 4.08. The fraction of sp³-hybridized carbons (Fsp3) is 0.590. The first-order chi connectivity index (χ1) is 27.3. The number of hydrogen-bond donors (Lipinski definition) is 3. The molecule has 2 saturated heterocycles. The predicted octanol–water partition coefficient (Wildman–Crippen LogP) is 2.69. The van der Waals surface area contributed by atoms with Crippen LogP contribution in [0.15, 0.2) is 47.4 Å². The Morgan fingerprint density at radius 1 is 0.983 bits per heavy atom. The Kier molecular flexibility index (Phi) is 11.3. The average molecular weight is 847 g/mol. The summed E-state index contributed by atoms with van der Waals surface area (Å²) in [5, 5.41) is 5.39. The van der Waals surface area contributed by atoms with Gasteiger partial charge in [0, 0.05) is 38.3 Å². The van der Waals surface area contributed by atoms with Gasteiger partial charge in [0.05, 0.1) is 29.9 Å². The molecule has 316 valence electrons. The van der Waals surface area contributed by atoms with Crippen LogP contribution in [0.4, 0.5) is 14.9 Å². The van der Waals surface area contributed by atoms with E-state index in [1.54, 1.807) is 18.2 Å². The van der Waals surface area contributed by atoms with Crippen molar-refractivity contribution >= 4 is 49.5 Å². The number of fused-ring (bicyclic) bond motifs is 1.